The van der Waals surface area contributed by atoms with Crippen LogP contribution >= 0.6 is 0 Å². The Morgan fingerprint density at radius 1 is 1.19 bits per heavy atom. The van der Waals surface area contributed by atoms with Gasteiger partial charge in [-0.1, -0.05) is 36.1 Å². The van der Waals surface area contributed by atoms with E-state index >= 15 is 0 Å². The van der Waals surface area contributed by atoms with E-state index in [1.165, 1.54) is 6.07 Å². The van der Waals surface area contributed by atoms with Crippen molar-refractivity contribution in [3.05, 3.63) is 65.0 Å². The van der Waals surface area contributed by atoms with Crippen molar-refractivity contribution in [2.45, 2.75) is 13.5 Å². The molecular formula is C18H18FNO. The minimum atomic E-state index is -0.278. The van der Waals surface area contributed by atoms with Gasteiger partial charge in [-0.2, -0.15) is 0 Å². The molecule has 0 saturated carbocycles. The van der Waals surface area contributed by atoms with Gasteiger partial charge in [0, 0.05) is 30.4 Å². The summed E-state index contributed by atoms with van der Waals surface area (Å²) in [5.74, 6) is 4.94. The number of benzene rings is 2. The standard InChI is InChI=1S/C18H18FNO/c1-14-6-3-4-8-18(14)20(2)13-16-10-9-15(7-5-11-21)12-17(16)19/h3-4,6,8-10,12,21H,11,13H2,1-2H3. The van der Waals surface area contributed by atoms with Gasteiger partial charge in [0.25, 0.3) is 0 Å². The Balaban J connectivity index is 2.18. The lowest BCUT2D eigenvalue weighted by Gasteiger charge is -2.21. The average molecular weight is 283 g/mol. The van der Waals surface area contributed by atoms with E-state index in [1.54, 1.807) is 12.1 Å². The Bertz CT molecular complexity index is 685. The molecule has 0 unspecified atom stereocenters. The lowest BCUT2D eigenvalue weighted by Crippen LogP contribution is -2.18. The summed E-state index contributed by atoms with van der Waals surface area (Å²) in [7, 11) is 1.95. The molecule has 0 spiro atoms. The number of rotatable bonds is 3. The molecule has 2 nitrogen and oxygen atoms in total. The number of aliphatic hydroxyl groups excluding tert-OH is 1. The molecule has 0 aliphatic heterocycles. The van der Waals surface area contributed by atoms with E-state index in [1.807, 2.05) is 43.1 Å². The normalized spacial score (nSPS) is 9.90. The SMILES string of the molecule is Cc1ccccc1N(C)Cc1ccc(C#CCO)cc1F. The first-order chi connectivity index (χ1) is 10.1. The minimum Gasteiger partial charge on any atom is -0.384 e. The Kier molecular flexibility index (Phi) is 4.97. The summed E-state index contributed by atoms with van der Waals surface area (Å²) in [5, 5.41) is 8.65. The highest BCUT2D eigenvalue weighted by Crippen LogP contribution is 2.21. The maximum absolute atomic E-state index is 14.1. The molecule has 1 N–H and O–H groups in total. The maximum Gasteiger partial charge on any atom is 0.129 e. The lowest BCUT2D eigenvalue weighted by molar-refractivity contribution is 0.350. The van der Waals surface area contributed by atoms with Gasteiger partial charge in [-0.25, -0.2) is 4.39 Å². The van der Waals surface area contributed by atoms with Crippen LogP contribution in [0.1, 0.15) is 16.7 Å². The van der Waals surface area contributed by atoms with E-state index < -0.39 is 0 Å². The number of aryl methyl sites for hydroxylation is 1. The van der Waals surface area contributed by atoms with Crippen LogP contribution in [0.25, 0.3) is 0 Å². The Hall–Kier alpha value is -2.31. The Morgan fingerprint density at radius 2 is 1.95 bits per heavy atom. The topological polar surface area (TPSA) is 23.5 Å². The van der Waals surface area contributed by atoms with E-state index in [4.69, 9.17) is 5.11 Å². The Morgan fingerprint density at radius 3 is 2.62 bits per heavy atom. The van der Waals surface area contributed by atoms with Gasteiger partial charge >= 0.3 is 0 Å². The maximum atomic E-state index is 14.1. The average Bonchev–Trinajstić information content (AvgIpc) is 2.48. The molecule has 0 heterocycles. The second-order valence-electron chi connectivity index (χ2n) is 4.91. The van der Waals surface area contributed by atoms with Crippen molar-refractivity contribution in [2.75, 3.05) is 18.6 Å². The Labute approximate surface area is 124 Å². The van der Waals surface area contributed by atoms with Gasteiger partial charge in [0.05, 0.1) is 0 Å². The van der Waals surface area contributed by atoms with Crippen molar-refractivity contribution in [2.24, 2.45) is 0 Å². The number of hydrogen-bond donors (Lipinski definition) is 1. The molecule has 2 rings (SSSR count). The van der Waals surface area contributed by atoms with Crippen molar-refractivity contribution in [1.29, 1.82) is 0 Å². The molecule has 21 heavy (non-hydrogen) atoms. The minimum absolute atomic E-state index is 0.223. The summed E-state index contributed by atoms with van der Waals surface area (Å²) in [4.78, 5) is 2.02. The first-order valence-electron chi connectivity index (χ1n) is 6.76. The van der Waals surface area contributed by atoms with Crippen molar-refractivity contribution in [3.8, 4) is 11.8 Å². The zero-order chi connectivity index (χ0) is 15.2. The molecule has 2 aromatic rings. The number of aliphatic hydroxyl groups is 1. The molecule has 0 bridgehead atoms. The number of anilines is 1. The summed E-state index contributed by atoms with van der Waals surface area (Å²) in [6.07, 6.45) is 0. The predicted molar refractivity (Wildman–Crippen MR) is 83.6 cm³/mol. The fourth-order valence-corrected chi connectivity index (χ4v) is 2.23. The summed E-state index contributed by atoms with van der Waals surface area (Å²) in [5.41, 5.74) is 3.44. The highest BCUT2D eigenvalue weighted by Gasteiger charge is 2.08. The van der Waals surface area contributed by atoms with Gasteiger partial charge in [-0.15, -0.1) is 0 Å². The molecule has 0 fully saturated rings. The summed E-state index contributed by atoms with van der Waals surface area (Å²) >= 11 is 0. The molecule has 2 aromatic carbocycles. The summed E-state index contributed by atoms with van der Waals surface area (Å²) in [6.45, 7) is 2.31. The van der Waals surface area contributed by atoms with Gasteiger partial charge in [0.2, 0.25) is 0 Å². The fourth-order valence-electron chi connectivity index (χ4n) is 2.23. The monoisotopic (exact) mass is 283 g/mol. The fraction of sp³-hybridized carbons (Fsp3) is 0.222. The third-order valence-electron chi connectivity index (χ3n) is 3.30. The van der Waals surface area contributed by atoms with Crippen molar-refractivity contribution < 1.29 is 9.50 Å². The van der Waals surface area contributed by atoms with E-state index in [0.29, 0.717) is 17.7 Å². The van der Waals surface area contributed by atoms with Gasteiger partial charge in [0.15, 0.2) is 0 Å². The lowest BCUT2D eigenvalue weighted by atomic mass is 10.1. The molecule has 0 radical (unpaired) electrons. The molecule has 0 amide bonds. The molecule has 0 aromatic heterocycles. The van der Waals surface area contributed by atoms with E-state index in [-0.39, 0.29) is 12.4 Å². The quantitative estimate of drug-likeness (QED) is 0.875. The van der Waals surface area contributed by atoms with Crippen LogP contribution in [-0.4, -0.2) is 18.8 Å². The second-order valence-corrected chi connectivity index (χ2v) is 4.91. The van der Waals surface area contributed by atoms with Crippen molar-refractivity contribution in [1.82, 2.24) is 0 Å². The first kappa shape index (κ1) is 15.1. The molecule has 0 aliphatic rings. The van der Waals surface area contributed by atoms with Crippen LogP contribution in [0.3, 0.4) is 0 Å². The van der Waals surface area contributed by atoms with Crippen molar-refractivity contribution in [3.63, 3.8) is 0 Å². The molecule has 0 atom stereocenters. The van der Waals surface area contributed by atoms with E-state index in [0.717, 1.165) is 11.3 Å². The smallest absolute Gasteiger partial charge is 0.129 e. The van der Waals surface area contributed by atoms with Gasteiger partial charge in [-0.05, 0) is 30.7 Å². The molecule has 0 aliphatic carbocycles. The van der Waals surface area contributed by atoms with Crippen LogP contribution in [0.4, 0.5) is 10.1 Å². The zero-order valence-corrected chi connectivity index (χ0v) is 12.2. The van der Waals surface area contributed by atoms with Crippen LogP contribution < -0.4 is 4.90 Å². The third-order valence-corrected chi connectivity index (χ3v) is 3.30. The number of para-hydroxylation sites is 1. The number of nitrogens with zero attached hydrogens (tertiary/aromatic N) is 1. The molecule has 0 saturated heterocycles. The van der Waals surface area contributed by atoms with E-state index in [9.17, 15) is 4.39 Å². The molecule has 3 heteroatoms. The highest BCUT2D eigenvalue weighted by atomic mass is 19.1. The van der Waals surface area contributed by atoms with Crippen LogP contribution in [-0.2, 0) is 6.54 Å². The predicted octanol–water partition coefficient (Wildman–Crippen LogP) is 3.11. The highest BCUT2D eigenvalue weighted by molar-refractivity contribution is 5.52. The number of hydrogen-bond acceptors (Lipinski definition) is 2. The largest absolute Gasteiger partial charge is 0.384 e. The van der Waals surface area contributed by atoms with Crippen LogP contribution in [0.15, 0.2) is 42.5 Å². The summed E-state index contributed by atoms with van der Waals surface area (Å²) in [6, 6.07) is 12.9. The van der Waals surface area contributed by atoms with Crippen LogP contribution in [0.5, 0.6) is 0 Å². The van der Waals surface area contributed by atoms with Crippen LogP contribution in [0, 0.1) is 24.6 Å². The molecule has 108 valence electrons. The number of halogens is 1. The first-order valence-corrected chi connectivity index (χ1v) is 6.76. The molecular weight excluding hydrogens is 265 g/mol. The van der Waals surface area contributed by atoms with Crippen LogP contribution in [0.2, 0.25) is 0 Å². The van der Waals surface area contributed by atoms with E-state index in [2.05, 4.69) is 11.8 Å². The summed E-state index contributed by atoms with van der Waals surface area (Å²) < 4.78 is 14.1. The second kappa shape index (κ2) is 6.92. The van der Waals surface area contributed by atoms with Crippen molar-refractivity contribution >= 4 is 5.69 Å². The zero-order valence-electron chi connectivity index (χ0n) is 12.2. The third kappa shape index (κ3) is 3.84. The van der Waals surface area contributed by atoms with Gasteiger partial charge in [-0.3, -0.25) is 0 Å². The van der Waals surface area contributed by atoms with Gasteiger partial charge < -0.3 is 10.0 Å². The van der Waals surface area contributed by atoms with Gasteiger partial charge in [0.1, 0.15) is 12.4 Å².